The first-order valence-electron chi connectivity index (χ1n) is 4.89. The Kier molecular flexibility index (Phi) is 4.57. The summed E-state index contributed by atoms with van der Waals surface area (Å²) in [6.45, 7) is 0. The number of alkyl halides is 3. The molecule has 0 saturated carbocycles. The van der Waals surface area contributed by atoms with Crippen molar-refractivity contribution in [1.82, 2.24) is 9.97 Å². The number of hydrogen-bond donors (Lipinski definition) is 0. The summed E-state index contributed by atoms with van der Waals surface area (Å²) in [5, 5.41) is 0.319. The van der Waals surface area contributed by atoms with Crippen molar-refractivity contribution in [2.75, 3.05) is 0 Å². The van der Waals surface area contributed by atoms with E-state index in [1.165, 1.54) is 24.3 Å². The zero-order valence-corrected chi connectivity index (χ0v) is 12.8. The minimum atomic E-state index is -4.29. The second kappa shape index (κ2) is 5.84. The first kappa shape index (κ1) is 14.9. The maximum Gasteiger partial charge on any atom is 0.446 e. The summed E-state index contributed by atoms with van der Waals surface area (Å²) in [6, 6.07) is 5.82. The van der Waals surface area contributed by atoms with Gasteiger partial charge in [-0.05, 0) is 46.5 Å². The van der Waals surface area contributed by atoms with Gasteiger partial charge in [-0.25, -0.2) is 9.97 Å². The Morgan fingerprint density at radius 2 is 1.79 bits per heavy atom. The highest BCUT2D eigenvalue weighted by Crippen LogP contribution is 2.37. The Labute approximate surface area is 129 Å². The number of aromatic nitrogens is 2. The van der Waals surface area contributed by atoms with E-state index in [9.17, 15) is 13.2 Å². The fourth-order valence-corrected chi connectivity index (χ4v) is 2.22. The number of benzene rings is 1. The van der Waals surface area contributed by atoms with Gasteiger partial charge in [0, 0.05) is 16.7 Å². The van der Waals surface area contributed by atoms with Crippen LogP contribution >= 0.6 is 46.0 Å². The molecule has 0 atom stereocenters. The maximum atomic E-state index is 12.2. The van der Waals surface area contributed by atoms with Crippen LogP contribution in [0.2, 0.25) is 5.15 Å². The van der Waals surface area contributed by atoms with Gasteiger partial charge in [0.1, 0.15) is 5.15 Å². The quantitative estimate of drug-likeness (QED) is 0.391. The van der Waals surface area contributed by atoms with E-state index in [0.29, 0.717) is 20.1 Å². The van der Waals surface area contributed by atoms with Crippen LogP contribution in [0.15, 0.2) is 35.4 Å². The molecule has 1 aromatic carbocycles. The first-order chi connectivity index (χ1) is 8.85. The number of halogens is 5. The lowest BCUT2D eigenvalue weighted by molar-refractivity contribution is -0.0328. The molecular weight excluding hydrogens is 412 g/mol. The molecule has 0 unspecified atom stereocenters. The highest BCUT2D eigenvalue weighted by atomic mass is 127. The van der Waals surface area contributed by atoms with Crippen LogP contribution in [0, 0.1) is 3.57 Å². The maximum absolute atomic E-state index is 12.2. The number of hydrogen-bond acceptors (Lipinski definition) is 3. The van der Waals surface area contributed by atoms with Gasteiger partial charge >= 0.3 is 5.51 Å². The van der Waals surface area contributed by atoms with Gasteiger partial charge in [-0.1, -0.05) is 23.7 Å². The Hall–Kier alpha value is -0.540. The zero-order chi connectivity index (χ0) is 14.0. The summed E-state index contributed by atoms with van der Waals surface area (Å²) in [6.07, 6.45) is 1.56. The Morgan fingerprint density at radius 3 is 2.32 bits per heavy atom. The van der Waals surface area contributed by atoms with E-state index in [-0.39, 0.29) is 16.7 Å². The third kappa shape index (κ3) is 4.22. The molecule has 2 nitrogen and oxygen atoms in total. The van der Waals surface area contributed by atoms with Crippen molar-refractivity contribution in [3.05, 3.63) is 39.2 Å². The van der Waals surface area contributed by atoms with Gasteiger partial charge in [0.25, 0.3) is 0 Å². The molecule has 0 spiro atoms. The SMILES string of the molecule is FC(F)(F)Sc1ccc(-c2ncc(I)c(Cl)n2)cc1. The smallest absolute Gasteiger partial charge is 0.235 e. The van der Waals surface area contributed by atoms with Crippen molar-refractivity contribution < 1.29 is 13.2 Å². The van der Waals surface area contributed by atoms with Crippen molar-refractivity contribution in [1.29, 1.82) is 0 Å². The van der Waals surface area contributed by atoms with Gasteiger partial charge in [-0.15, -0.1) is 0 Å². The molecule has 0 fully saturated rings. The highest BCUT2D eigenvalue weighted by molar-refractivity contribution is 14.1. The molecule has 100 valence electrons. The van der Waals surface area contributed by atoms with E-state index < -0.39 is 5.51 Å². The van der Waals surface area contributed by atoms with E-state index in [0.717, 1.165) is 0 Å². The fraction of sp³-hybridized carbons (Fsp3) is 0.0909. The number of rotatable bonds is 2. The summed E-state index contributed by atoms with van der Waals surface area (Å²) >= 11 is 7.71. The van der Waals surface area contributed by atoms with Crippen molar-refractivity contribution in [3.8, 4) is 11.4 Å². The molecule has 2 aromatic rings. The minimum Gasteiger partial charge on any atom is -0.235 e. The normalized spacial score (nSPS) is 11.6. The average molecular weight is 417 g/mol. The molecule has 0 aliphatic rings. The molecule has 0 bridgehead atoms. The van der Waals surface area contributed by atoms with Crippen LogP contribution in [0.4, 0.5) is 13.2 Å². The van der Waals surface area contributed by atoms with Gasteiger partial charge in [-0.2, -0.15) is 13.2 Å². The predicted octanol–water partition coefficient (Wildman–Crippen LogP) is 5.01. The van der Waals surface area contributed by atoms with Crippen molar-refractivity contribution in [2.24, 2.45) is 0 Å². The number of nitrogens with zero attached hydrogens (tertiary/aromatic N) is 2. The lowest BCUT2D eigenvalue weighted by atomic mass is 10.2. The van der Waals surface area contributed by atoms with E-state index in [1.54, 1.807) is 6.20 Å². The van der Waals surface area contributed by atoms with E-state index in [2.05, 4.69) is 9.97 Å². The lowest BCUT2D eigenvalue weighted by Gasteiger charge is -2.06. The summed E-state index contributed by atoms with van der Waals surface area (Å²) in [5.41, 5.74) is -3.67. The first-order valence-corrected chi connectivity index (χ1v) is 7.17. The van der Waals surface area contributed by atoms with Crippen LogP contribution in [0.1, 0.15) is 0 Å². The molecule has 0 N–H and O–H groups in total. The molecule has 0 radical (unpaired) electrons. The molecule has 2 rings (SSSR count). The number of thioether (sulfide) groups is 1. The average Bonchev–Trinajstić information content (AvgIpc) is 2.32. The predicted molar refractivity (Wildman–Crippen MR) is 77.1 cm³/mol. The molecular formula is C11H5ClF3IN2S. The van der Waals surface area contributed by atoms with Gasteiger partial charge in [0.05, 0.1) is 3.57 Å². The monoisotopic (exact) mass is 416 g/mol. The van der Waals surface area contributed by atoms with Crippen LogP contribution in [0.5, 0.6) is 0 Å². The van der Waals surface area contributed by atoms with Crippen molar-refractivity contribution >= 4 is 46.0 Å². The molecule has 0 saturated heterocycles. The van der Waals surface area contributed by atoms with Crippen LogP contribution in [0.3, 0.4) is 0 Å². The molecule has 8 heteroatoms. The summed E-state index contributed by atoms with van der Waals surface area (Å²) in [7, 11) is 0. The van der Waals surface area contributed by atoms with Gasteiger partial charge in [0.15, 0.2) is 5.82 Å². The Morgan fingerprint density at radius 1 is 1.16 bits per heavy atom. The van der Waals surface area contributed by atoms with Gasteiger partial charge < -0.3 is 0 Å². The Balaban J connectivity index is 2.25. The van der Waals surface area contributed by atoms with Crippen LogP contribution in [-0.2, 0) is 0 Å². The van der Waals surface area contributed by atoms with Crippen LogP contribution < -0.4 is 0 Å². The summed E-state index contributed by atoms with van der Waals surface area (Å²) in [4.78, 5) is 8.26. The highest BCUT2D eigenvalue weighted by Gasteiger charge is 2.29. The largest absolute Gasteiger partial charge is 0.446 e. The molecule has 1 heterocycles. The second-order valence-corrected chi connectivity index (χ2v) is 6.06. The van der Waals surface area contributed by atoms with E-state index >= 15 is 0 Å². The molecule has 19 heavy (non-hydrogen) atoms. The molecule has 0 amide bonds. The summed E-state index contributed by atoms with van der Waals surface area (Å²) < 4.78 is 37.3. The molecule has 0 aliphatic heterocycles. The zero-order valence-electron chi connectivity index (χ0n) is 9.08. The minimum absolute atomic E-state index is 0.118. The standard InChI is InChI=1S/C11H5ClF3IN2S/c12-9-8(16)5-17-10(18-9)6-1-3-7(4-2-6)19-11(13,14)15/h1-5H. The van der Waals surface area contributed by atoms with E-state index in [4.69, 9.17) is 11.6 Å². The molecule has 1 aromatic heterocycles. The summed E-state index contributed by atoms with van der Waals surface area (Å²) in [5.74, 6) is 0.383. The topological polar surface area (TPSA) is 25.8 Å². The lowest BCUT2D eigenvalue weighted by Crippen LogP contribution is -1.98. The van der Waals surface area contributed by atoms with Gasteiger partial charge in [-0.3, -0.25) is 0 Å². The third-order valence-corrected chi connectivity index (χ3v) is 4.18. The van der Waals surface area contributed by atoms with Crippen LogP contribution in [-0.4, -0.2) is 15.5 Å². The second-order valence-electron chi connectivity index (χ2n) is 3.40. The van der Waals surface area contributed by atoms with E-state index in [1.807, 2.05) is 22.6 Å². The van der Waals surface area contributed by atoms with Crippen LogP contribution in [0.25, 0.3) is 11.4 Å². The van der Waals surface area contributed by atoms with Gasteiger partial charge in [0.2, 0.25) is 0 Å². The molecule has 0 aliphatic carbocycles. The third-order valence-electron chi connectivity index (χ3n) is 2.05. The Bertz CT molecular complexity index is 589. The fourth-order valence-electron chi connectivity index (χ4n) is 1.29. The van der Waals surface area contributed by atoms with Crippen molar-refractivity contribution in [3.63, 3.8) is 0 Å². The van der Waals surface area contributed by atoms with Crippen molar-refractivity contribution in [2.45, 2.75) is 10.4 Å².